The lowest BCUT2D eigenvalue weighted by Crippen LogP contribution is -2.36. The number of fused-ring (bicyclic) bond motifs is 3. The molecular formula is C15H15N3O2S. The van der Waals surface area contributed by atoms with Crippen molar-refractivity contribution in [2.45, 2.75) is 26.3 Å². The van der Waals surface area contributed by atoms with E-state index in [1.165, 1.54) is 21.9 Å². The average molecular weight is 301 g/mol. The van der Waals surface area contributed by atoms with Gasteiger partial charge >= 0.3 is 0 Å². The zero-order chi connectivity index (χ0) is 15.0. The molecule has 6 heteroatoms. The number of nitrogens with zero attached hydrogens (tertiary/aromatic N) is 2. The third kappa shape index (κ3) is 2.31. The fourth-order valence-corrected chi connectivity index (χ4v) is 3.10. The summed E-state index contributed by atoms with van der Waals surface area (Å²) in [6.45, 7) is 3.88. The summed E-state index contributed by atoms with van der Waals surface area (Å²) in [6, 6.07) is 7.61. The summed E-state index contributed by atoms with van der Waals surface area (Å²) in [5.41, 5.74) is 0.544. The molecule has 5 nitrogen and oxygen atoms in total. The van der Waals surface area contributed by atoms with Gasteiger partial charge in [0.2, 0.25) is 0 Å². The van der Waals surface area contributed by atoms with Gasteiger partial charge in [-0.25, -0.2) is 4.98 Å². The molecule has 1 aromatic carbocycles. The van der Waals surface area contributed by atoms with Gasteiger partial charge in [-0.05, 0) is 25.5 Å². The zero-order valence-corrected chi connectivity index (χ0v) is 12.6. The van der Waals surface area contributed by atoms with Crippen molar-refractivity contribution in [3.63, 3.8) is 0 Å². The van der Waals surface area contributed by atoms with Gasteiger partial charge in [0.15, 0.2) is 4.96 Å². The number of nitrogens with one attached hydrogen (secondary N) is 1. The Morgan fingerprint density at radius 3 is 2.95 bits per heavy atom. The standard InChI is InChI=1S/C15H15N3O2S/c1-3-9(2)17-13(19)10-8-16-15-18(14(10)20)11-6-4-5-7-12(11)21-15/h4-9H,3H2,1-2H3,(H,17,19). The summed E-state index contributed by atoms with van der Waals surface area (Å²) in [4.78, 5) is 29.6. The molecule has 108 valence electrons. The Kier molecular flexibility index (Phi) is 3.47. The Hall–Kier alpha value is -2.21. The van der Waals surface area contributed by atoms with Crippen LogP contribution in [0, 0.1) is 0 Å². The summed E-state index contributed by atoms with van der Waals surface area (Å²) in [5, 5.41) is 2.80. The van der Waals surface area contributed by atoms with Gasteiger partial charge in [-0.15, -0.1) is 0 Å². The maximum absolute atomic E-state index is 12.6. The molecule has 3 rings (SSSR count). The number of amides is 1. The van der Waals surface area contributed by atoms with Gasteiger partial charge in [0.1, 0.15) is 5.56 Å². The van der Waals surface area contributed by atoms with Crippen molar-refractivity contribution < 1.29 is 4.79 Å². The maximum Gasteiger partial charge on any atom is 0.271 e. The number of thiazole rings is 1. The summed E-state index contributed by atoms with van der Waals surface area (Å²) in [6.07, 6.45) is 2.18. The van der Waals surface area contributed by atoms with E-state index in [4.69, 9.17) is 0 Å². The van der Waals surface area contributed by atoms with Crippen LogP contribution in [0.25, 0.3) is 15.2 Å². The second-order valence-electron chi connectivity index (χ2n) is 4.95. The van der Waals surface area contributed by atoms with Gasteiger partial charge in [0, 0.05) is 12.2 Å². The van der Waals surface area contributed by atoms with Gasteiger partial charge in [-0.1, -0.05) is 30.4 Å². The third-order valence-electron chi connectivity index (χ3n) is 3.47. The molecule has 3 aromatic rings. The van der Waals surface area contributed by atoms with Crippen molar-refractivity contribution in [1.82, 2.24) is 14.7 Å². The molecule has 0 aliphatic carbocycles. The first-order valence-electron chi connectivity index (χ1n) is 6.82. The fraction of sp³-hybridized carbons (Fsp3) is 0.267. The molecule has 2 heterocycles. The van der Waals surface area contributed by atoms with E-state index in [1.807, 2.05) is 38.1 Å². The highest BCUT2D eigenvalue weighted by Gasteiger charge is 2.17. The predicted molar refractivity (Wildman–Crippen MR) is 84.1 cm³/mol. The molecule has 1 N–H and O–H groups in total. The van der Waals surface area contributed by atoms with Crippen molar-refractivity contribution >= 4 is 32.4 Å². The van der Waals surface area contributed by atoms with E-state index in [9.17, 15) is 9.59 Å². The Labute approximate surface area is 125 Å². The molecule has 21 heavy (non-hydrogen) atoms. The molecule has 0 aliphatic rings. The minimum atomic E-state index is -0.369. The summed E-state index contributed by atoms with van der Waals surface area (Å²) in [5.74, 6) is -0.369. The molecule has 1 unspecified atom stereocenters. The number of carbonyl (C=O) groups excluding carboxylic acids is 1. The van der Waals surface area contributed by atoms with Crippen LogP contribution in [0.1, 0.15) is 30.6 Å². The molecule has 0 spiro atoms. The highest BCUT2D eigenvalue weighted by molar-refractivity contribution is 7.23. The van der Waals surface area contributed by atoms with Gasteiger partial charge in [-0.2, -0.15) is 0 Å². The van der Waals surface area contributed by atoms with Crippen LogP contribution in [0.5, 0.6) is 0 Å². The Bertz CT molecular complexity index is 881. The quantitative estimate of drug-likeness (QED) is 0.808. The van der Waals surface area contributed by atoms with Crippen molar-refractivity contribution in [3.8, 4) is 0 Å². The van der Waals surface area contributed by atoms with Crippen molar-refractivity contribution in [2.75, 3.05) is 0 Å². The first-order chi connectivity index (χ1) is 10.1. The molecule has 0 aliphatic heterocycles. The van der Waals surface area contributed by atoms with Crippen LogP contribution >= 0.6 is 11.3 Å². The lowest BCUT2D eigenvalue weighted by molar-refractivity contribution is 0.0937. The van der Waals surface area contributed by atoms with Gasteiger partial charge in [0.05, 0.1) is 10.2 Å². The molecule has 0 saturated carbocycles. The molecule has 0 radical (unpaired) electrons. The molecule has 1 atom stereocenters. The van der Waals surface area contributed by atoms with Crippen molar-refractivity contribution in [3.05, 3.63) is 46.4 Å². The molecular weight excluding hydrogens is 286 g/mol. The highest BCUT2D eigenvalue weighted by atomic mass is 32.1. The van der Waals surface area contributed by atoms with Crippen LogP contribution in [-0.2, 0) is 0 Å². The fourth-order valence-electron chi connectivity index (χ4n) is 2.11. The van der Waals surface area contributed by atoms with Crippen LogP contribution in [-0.4, -0.2) is 21.3 Å². The lowest BCUT2D eigenvalue weighted by Gasteiger charge is -2.10. The van der Waals surface area contributed by atoms with E-state index < -0.39 is 0 Å². The molecule has 2 aromatic heterocycles. The van der Waals surface area contributed by atoms with E-state index in [0.717, 1.165) is 16.6 Å². The Morgan fingerprint density at radius 1 is 1.43 bits per heavy atom. The van der Waals surface area contributed by atoms with E-state index in [1.54, 1.807) is 0 Å². The zero-order valence-electron chi connectivity index (χ0n) is 11.8. The van der Waals surface area contributed by atoms with Crippen LogP contribution in [0.3, 0.4) is 0 Å². The maximum atomic E-state index is 12.6. The minimum absolute atomic E-state index is 0.0248. The van der Waals surface area contributed by atoms with Crippen LogP contribution in [0.4, 0.5) is 0 Å². The summed E-state index contributed by atoms with van der Waals surface area (Å²) < 4.78 is 2.48. The van der Waals surface area contributed by atoms with Gasteiger partial charge in [0.25, 0.3) is 11.5 Å². The lowest BCUT2D eigenvalue weighted by atomic mass is 10.2. The number of hydrogen-bond donors (Lipinski definition) is 1. The minimum Gasteiger partial charge on any atom is -0.349 e. The molecule has 0 saturated heterocycles. The van der Waals surface area contributed by atoms with E-state index in [2.05, 4.69) is 10.3 Å². The van der Waals surface area contributed by atoms with Crippen LogP contribution in [0.2, 0.25) is 0 Å². The van der Waals surface area contributed by atoms with Crippen LogP contribution < -0.4 is 10.9 Å². The molecule has 1 amide bonds. The SMILES string of the molecule is CCC(C)NC(=O)c1cnc2sc3ccccc3n2c1=O. The number of aromatic nitrogens is 2. The summed E-state index contributed by atoms with van der Waals surface area (Å²) >= 11 is 1.43. The first-order valence-corrected chi connectivity index (χ1v) is 7.63. The first kappa shape index (κ1) is 13.8. The number of carbonyl (C=O) groups is 1. The topological polar surface area (TPSA) is 63.5 Å². The van der Waals surface area contributed by atoms with Gasteiger partial charge < -0.3 is 5.32 Å². The molecule has 0 bridgehead atoms. The van der Waals surface area contributed by atoms with Crippen molar-refractivity contribution in [2.24, 2.45) is 0 Å². The van der Waals surface area contributed by atoms with E-state index in [0.29, 0.717) is 4.96 Å². The summed E-state index contributed by atoms with van der Waals surface area (Å²) in [7, 11) is 0. The van der Waals surface area contributed by atoms with E-state index >= 15 is 0 Å². The Morgan fingerprint density at radius 2 is 2.19 bits per heavy atom. The third-order valence-corrected chi connectivity index (χ3v) is 4.51. The van der Waals surface area contributed by atoms with Gasteiger partial charge in [-0.3, -0.25) is 14.0 Å². The predicted octanol–water partition coefficient (Wildman–Crippen LogP) is 2.44. The highest BCUT2D eigenvalue weighted by Crippen LogP contribution is 2.23. The Balaban J connectivity index is 2.18. The van der Waals surface area contributed by atoms with Crippen molar-refractivity contribution in [1.29, 1.82) is 0 Å². The molecule has 0 fully saturated rings. The second kappa shape index (κ2) is 5.29. The second-order valence-corrected chi connectivity index (χ2v) is 5.96. The largest absolute Gasteiger partial charge is 0.349 e. The van der Waals surface area contributed by atoms with Crippen LogP contribution in [0.15, 0.2) is 35.3 Å². The monoisotopic (exact) mass is 301 g/mol. The number of hydrogen-bond acceptors (Lipinski definition) is 4. The van der Waals surface area contributed by atoms with E-state index in [-0.39, 0.29) is 23.1 Å². The number of benzene rings is 1. The number of rotatable bonds is 3. The smallest absolute Gasteiger partial charge is 0.271 e. The average Bonchev–Trinajstić information content (AvgIpc) is 2.86. The normalized spacial score (nSPS) is 12.7. The number of para-hydroxylation sites is 1.